The number of nitrogens with one attached hydrogen (secondary N) is 1. The van der Waals surface area contributed by atoms with Gasteiger partial charge in [0.2, 0.25) is 15.9 Å². The van der Waals surface area contributed by atoms with Crippen LogP contribution in [0.15, 0.2) is 59.5 Å². The van der Waals surface area contributed by atoms with Crippen molar-refractivity contribution in [1.29, 1.82) is 0 Å². The number of benzene rings is 2. The Balaban J connectivity index is 1.56. The highest BCUT2D eigenvalue weighted by atomic mass is 32.2. The molecule has 7 heteroatoms. The SMILES string of the molecule is O=C(CCc1ccc(S(=O)(=O)N2CCOCC2)cc1)Nc1ccccc1. The van der Waals surface area contributed by atoms with Crippen LogP contribution in [0.25, 0.3) is 0 Å². The molecule has 2 aromatic carbocycles. The minimum absolute atomic E-state index is 0.0683. The van der Waals surface area contributed by atoms with Gasteiger partial charge in [0.1, 0.15) is 0 Å². The molecule has 3 rings (SSSR count). The molecular formula is C19H22N2O4S. The molecular weight excluding hydrogens is 352 g/mol. The molecule has 6 nitrogen and oxygen atoms in total. The Bertz CT molecular complexity index is 830. The summed E-state index contributed by atoms with van der Waals surface area (Å²) in [6.07, 6.45) is 0.890. The van der Waals surface area contributed by atoms with Crippen LogP contribution >= 0.6 is 0 Å². The van der Waals surface area contributed by atoms with E-state index in [4.69, 9.17) is 4.74 Å². The van der Waals surface area contributed by atoms with Crippen molar-refractivity contribution in [2.45, 2.75) is 17.7 Å². The van der Waals surface area contributed by atoms with Gasteiger partial charge in [-0.1, -0.05) is 30.3 Å². The summed E-state index contributed by atoms with van der Waals surface area (Å²) in [6.45, 7) is 1.61. The minimum atomic E-state index is -3.48. The molecule has 1 aliphatic rings. The number of para-hydroxylation sites is 1. The third-order valence-corrected chi connectivity index (χ3v) is 6.14. The summed E-state index contributed by atoms with van der Waals surface area (Å²) in [5, 5.41) is 2.84. The average molecular weight is 374 g/mol. The normalized spacial score (nSPS) is 15.5. The predicted octanol–water partition coefficient (Wildman–Crippen LogP) is 2.28. The second kappa shape index (κ2) is 8.44. The molecule has 1 N–H and O–H groups in total. The number of aryl methyl sites for hydroxylation is 1. The van der Waals surface area contributed by atoms with Gasteiger partial charge in [-0.25, -0.2) is 8.42 Å². The zero-order valence-corrected chi connectivity index (χ0v) is 15.2. The first kappa shape index (κ1) is 18.6. The maximum Gasteiger partial charge on any atom is 0.243 e. The van der Waals surface area contributed by atoms with E-state index in [9.17, 15) is 13.2 Å². The summed E-state index contributed by atoms with van der Waals surface area (Å²) in [7, 11) is -3.48. The highest BCUT2D eigenvalue weighted by Gasteiger charge is 2.26. The number of nitrogens with zero attached hydrogens (tertiary/aromatic N) is 1. The Labute approximate surface area is 153 Å². The van der Waals surface area contributed by atoms with Crippen LogP contribution < -0.4 is 5.32 Å². The molecule has 0 spiro atoms. The van der Waals surface area contributed by atoms with Crippen LogP contribution in [-0.2, 0) is 26.0 Å². The molecule has 0 aliphatic carbocycles. The van der Waals surface area contributed by atoms with Crippen molar-refractivity contribution in [3.8, 4) is 0 Å². The second-order valence-electron chi connectivity index (χ2n) is 6.07. The van der Waals surface area contributed by atoms with Gasteiger partial charge in [0.05, 0.1) is 18.1 Å². The van der Waals surface area contributed by atoms with Crippen LogP contribution in [0, 0.1) is 0 Å². The topological polar surface area (TPSA) is 75.7 Å². The first-order valence-corrected chi connectivity index (χ1v) is 10.0. The van der Waals surface area contributed by atoms with Gasteiger partial charge in [-0.3, -0.25) is 4.79 Å². The lowest BCUT2D eigenvalue weighted by molar-refractivity contribution is -0.116. The van der Waals surface area contributed by atoms with Gasteiger partial charge in [0, 0.05) is 25.2 Å². The first-order chi connectivity index (χ1) is 12.6. The number of morpholine rings is 1. The molecule has 1 saturated heterocycles. The molecule has 0 unspecified atom stereocenters. The second-order valence-corrected chi connectivity index (χ2v) is 8.01. The van der Waals surface area contributed by atoms with Gasteiger partial charge in [0.25, 0.3) is 0 Å². The number of amides is 1. The molecule has 0 bridgehead atoms. The third-order valence-electron chi connectivity index (χ3n) is 4.23. The van der Waals surface area contributed by atoms with Crippen molar-refractivity contribution in [3.05, 3.63) is 60.2 Å². The van der Waals surface area contributed by atoms with E-state index in [1.807, 2.05) is 30.3 Å². The Hall–Kier alpha value is -2.22. The van der Waals surface area contributed by atoms with Crippen LogP contribution in [0.2, 0.25) is 0 Å². The van der Waals surface area contributed by atoms with Gasteiger partial charge >= 0.3 is 0 Å². The largest absolute Gasteiger partial charge is 0.379 e. The number of carbonyl (C=O) groups excluding carboxylic acids is 1. The Morgan fingerprint density at radius 1 is 1.00 bits per heavy atom. The van der Waals surface area contributed by atoms with Crippen LogP contribution in [0.4, 0.5) is 5.69 Å². The highest BCUT2D eigenvalue weighted by Crippen LogP contribution is 2.18. The van der Waals surface area contributed by atoms with Gasteiger partial charge in [0.15, 0.2) is 0 Å². The third kappa shape index (κ3) is 4.69. The van der Waals surface area contributed by atoms with Crippen molar-refractivity contribution < 1.29 is 17.9 Å². The van der Waals surface area contributed by atoms with E-state index < -0.39 is 10.0 Å². The lowest BCUT2D eigenvalue weighted by Gasteiger charge is -2.26. The van der Waals surface area contributed by atoms with Crippen LogP contribution in [0.3, 0.4) is 0 Å². The van der Waals surface area contributed by atoms with Crippen molar-refractivity contribution in [2.75, 3.05) is 31.6 Å². The number of hydrogen-bond acceptors (Lipinski definition) is 4. The molecule has 1 amide bonds. The first-order valence-electron chi connectivity index (χ1n) is 8.57. The predicted molar refractivity (Wildman–Crippen MR) is 99.4 cm³/mol. The Kier molecular flexibility index (Phi) is 6.03. The summed E-state index contributed by atoms with van der Waals surface area (Å²) in [6, 6.07) is 16.0. The van der Waals surface area contributed by atoms with Gasteiger partial charge < -0.3 is 10.1 Å². The van der Waals surface area contributed by atoms with Crippen molar-refractivity contribution in [1.82, 2.24) is 4.31 Å². The average Bonchev–Trinajstić information content (AvgIpc) is 2.68. The van der Waals surface area contributed by atoms with Gasteiger partial charge in [-0.2, -0.15) is 4.31 Å². The van der Waals surface area contributed by atoms with Crippen molar-refractivity contribution >= 4 is 21.6 Å². The number of ether oxygens (including phenoxy) is 1. The quantitative estimate of drug-likeness (QED) is 0.842. The molecule has 2 aromatic rings. The summed E-state index contributed by atoms with van der Waals surface area (Å²) in [4.78, 5) is 12.3. The summed E-state index contributed by atoms with van der Waals surface area (Å²) in [5.74, 6) is -0.0683. The van der Waals surface area contributed by atoms with E-state index in [1.165, 1.54) is 4.31 Å². The van der Waals surface area contributed by atoms with E-state index in [0.717, 1.165) is 11.3 Å². The number of carbonyl (C=O) groups is 1. The molecule has 1 aliphatic heterocycles. The molecule has 138 valence electrons. The number of anilines is 1. The van der Waals surface area contributed by atoms with Crippen molar-refractivity contribution in [2.24, 2.45) is 0 Å². The standard InChI is InChI=1S/C19H22N2O4S/c22-19(20-17-4-2-1-3-5-17)11-8-16-6-9-18(10-7-16)26(23,24)21-12-14-25-15-13-21/h1-7,9-10H,8,11-15H2,(H,20,22). The summed E-state index contributed by atoms with van der Waals surface area (Å²) >= 11 is 0. The van der Waals surface area contributed by atoms with Crippen molar-refractivity contribution in [3.63, 3.8) is 0 Å². The zero-order chi connectivity index (χ0) is 18.4. The number of rotatable bonds is 6. The van der Waals surface area contributed by atoms with Crippen LogP contribution in [-0.4, -0.2) is 44.9 Å². The Morgan fingerprint density at radius 3 is 2.31 bits per heavy atom. The lowest BCUT2D eigenvalue weighted by atomic mass is 10.1. The monoisotopic (exact) mass is 374 g/mol. The van der Waals surface area contributed by atoms with Gasteiger partial charge in [-0.05, 0) is 36.2 Å². The maximum absolute atomic E-state index is 12.6. The van der Waals surface area contributed by atoms with E-state index in [0.29, 0.717) is 39.1 Å². The maximum atomic E-state index is 12.6. The zero-order valence-electron chi connectivity index (χ0n) is 14.4. The van der Waals surface area contributed by atoms with E-state index in [-0.39, 0.29) is 10.8 Å². The molecule has 0 aromatic heterocycles. The fraction of sp³-hybridized carbons (Fsp3) is 0.316. The molecule has 0 atom stereocenters. The molecule has 26 heavy (non-hydrogen) atoms. The van der Waals surface area contributed by atoms with E-state index in [2.05, 4.69) is 5.32 Å². The summed E-state index contributed by atoms with van der Waals surface area (Å²) < 4.78 is 31.8. The number of sulfonamides is 1. The fourth-order valence-corrected chi connectivity index (χ4v) is 4.17. The molecule has 0 radical (unpaired) electrons. The van der Waals surface area contributed by atoms with E-state index in [1.54, 1.807) is 24.3 Å². The lowest BCUT2D eigenvalue weighted by Crippen LogP contribution is -2.40. The van der Waals surface area contributed by atoms with Gasteiger partial charge in [-0.15, -0.1) is 0 Å². The smallest absolute Gasteiger partial charge is 0.243 e. The molecule has 1 fully saturated rings. The van der Waals surface area contributed by atoms with Crippen LogP contribution in [0.1, 0.15) is 12.0 Å². The highest BCUT2D eigenvalue weighted by molar-refractivity contribution is 7.89. The molecule has 0 saturated carbocycles. The summed E-state index contributed by atoms with van der Waals surface area (Å²) in [5.41, 5.74) is 1.69. The number of hydrogen-bond donors (Lipinski definition) is 1. The van der Waals surface area contributed by atoms with E-state index >= 15 is 0 Å². The Morgan fingerprint density at radius 2 is 1.65 bits per heavy atom. The fourth-order valence-electron chi connectivity index (χ4n) is 2.77. The minimum Gasteiger partial charge on any atom is -0.379 e. The van der Waals surface area contributed by atoms with Crippen LogP contribution in [0.5, 0.6) is 0 Å². The molecule has 1 heterocycles.